The van der Waals surface area contributed by atoms with Crippen molar-refractivity contribution in [1.82, 2.24) is 19.9 Å². The van der Waals surface area contributed by atoms with E-state index in [1.165, 1.54) is 0 Å². The zero-order chi connectivity index (χ0) is 14.8. The molecule has 0 saturated carbocycles. The average molecular weight is 305 g/mol. The molecule has 22 heavy (non-hydrogen) atoms. The summed E-state index contributed by atoms with van der Waals surface area (Å²) in [5.74, 6) is 1.25. The third-order valence-corrected chi connectivity index (χ3v) is 3.98. The number of nitrogens with one attached hydrogen (secondary N) is 1. The van der Waals surface area contributed by atoms with Gasteiger partial charge in [-0.05, 0) is 30.3 Å². The summed E-state index contributed by atoms with van der Waals surface area (Å²) in [7, 11) is 0. The van der Waals surface area contributed by atoms with Gasteiger partial charge in [-0.15, -0.1) is 11.3 Å². The maximum absolute atomic E-state index is 4.55. The first-order valence-electron chi connectivity index (χ1n) is 6.73. The number of rotatable bonds is 3. The third kappa shape index (κ3) is 2.51. The first kappa shape index (κ1) is 12.8. The van der Waals surface area contributed by atoms with Crippen LogP contribution in [0.5, 0.6) is 0 Å². The van der Waals surface area contributed by atoms with E-state index in [1.807, 2.05) is 41.9 Å². The van der Waals surface area contributed by atoms with Crippen LogP contribution in [0.4, 0.5) is 11.8 Å². The van der Waals surface area contributed by atoms with Gasteiger partial charge in [-0.25, -0.2) is 19.9 Å². The Bertz CT molecular complexity index is 920. The summed E-state index contributed by atoms with van der Waals surface area (Å²) < 4.78 is 1.15. The third-order valence-electron chi connectivity index (χ3n) is 3.19. The molecule has 0 saturated heterocycles. The molecule has 0 fully saturated rings. The molecule has 106 valence electrons. The lowest BCUT2D eigenvalue weighted by molar-refractivity contribution is 1.15. The molecule has 4 rings (SSSR count). The summed E-state index contributed by atoms with van der Waals surface area (Å²) >= 11 is 1.62. The fourth-order valence-electron chi connectivity index (χ4n) is 2.15. The molecule has 3 aromatic heterocycles. The molecule has 0 aliphatic carbocycles. The largest absolute Gasteiger partial charge is 0.309 e. The van der Waals surface area contributed by atoms with Crippen molar-refractivity contribution in [2.24, 2.45) is 0 Å². The first-order valence-corrected chi connectivity index (χ1v) is 7.61. The van der Waals surface area contributed by atoms with Crippen LogP contribution in [0.15, 0.2) is 60.4 Å². The highest BCUT2D eigenvalue weighted by Crippen LogP contribution is 2.25. The van der Waals surface area contributed by atoms with E-state index in [0.29, 0.717) is 5.95 Å². The van der Waals surface area contributed by atoms with E-state index in [-0.39, 0.29) is 0 Å². The average Bonchev–Trinajstić information content (AvgIpc) is 3.04. The van der Waals surface area contributed by atoms with Gasteiger partial charge in [-0.1, -0.05) is 12.1 Å². The van der Waals surface area contributed by atoms with Gasteiger partial charge in [0.1, 0.15) is 5.82 Å². The number of hydrogen-bond acceptors (Lipinski definition) is 6. The van der Waals surface area contributed by atoms with Crippen LogP contribution < -0.4 is 5.32 Å². The van der Waals surface area contributed by atoms with Crippen molar-refractivity contribution in [2.45, 2.75) is 0 Å². The number of nitrogens with zero attached hydrogens (tertiary/aromatic N) is 4. The smallest absolute Gasteiger partial charge is 0.228 e. The Labute approximate surface area is 130 Å². The molecule has 0 bridgehead atoms. The number of thiazole rings is 1. The quantitative estimate of drug-likeness (QED) is 0.622. The molecular formula is C16H11N5S. The van der Waals surface area contributed by atoms with Gasteiger partial charge < -0.3 is 5.32 Å². The van der Waals surface area contributed by atoms with Gasteiger partial charge in [0.05, 0.1) is 21.4 Å². The molecule has 1 N–H and O–H groups in total. The van der Waals surface area contributed by atoms with Crippen molar-refractivity contribution in [3.05, 3.63) is 60.4 Å². The number of pyridine rings is 1. The minimum atomic E-state index is 0.528. The van der Waals surface area contributed by atoms with E-state index in [1.54, 1.807) is 23.7 Å². The Hall–Kier alpha value is -2.86. The second kappa shape index (κ2) is 5.50. The molecular weight excluding hydrogens is 294 g/mol. The van der Waals surface area contributed by atoms with E-state index in [0.717, 1.165) is 27.3 Å². The molecule has 0 aliphatic rings. The number of aromatic nitrogens is 4. The first-order chi connectivity index (χ1) is 10.9. The molecule has 5 nitrogen and oxygen atoms in total. The van der Waals surface area contributed by atoms with Crippen LogP contribution in [0, 0.1) is 0 Å². The molecule has 0 atom stereocenters. The summed E-state index contributed by atoms with van der Waals surface area (Å²) in [6.07, 6.45) is 3.47. The minimum absolute atomic E-state index is 0.528. The molecule has 3 heterocycles. The summed E-state index contributed by atoms with van der Waals surface area (Å²) in [5, 5.41) is 3.10. The Balaban J connectivity index is 1.69. The molecule has 0 radical (unpaired) electrons. The van der Waals surface area contributed by atoms with Crippen LogP contribution >= 0.6 is 11.3 Å². The topological polar surface area (TPSA) is 63.6 Å². The Kier molecular flexibility index (Phi) is 3.21. The van der Waals surface area contributed by atoms with Crippen LogP contribution in [0.3, 0.4) is 0 Å². The lowest BCUT2D eigenvalue weighted by Crippen LogP contribution is -1.99. The van der Waals surface area contributed by atoms with Crippen LogP contribution in [0.2, 0.25) is 0 Å². The van der Waals surface area contributed by atoms with Gasteiger partial charge in [-0.3, -0.25) is 0 Å². The van der Waals surface area contributed by atoms with E-state index < -0.39 is 0 Å². The molecule has 0 aliphatic heterocycles. The van der Waals surface area contributed by atoms with Gasteiger partial charge in [0.2, 0.25) is 5.95 Å². The van der Waals surface area contributed by atoms with Gasteiger partial charge in [-0.2, -0.15) is 0 Å². The van der Waals surface area contributed by atoms with Gasteiger partial charge in [0, 0.05) is 18.0 Å². The van der Waals surface area contributed by atoms with Gasteiger partial charge in [0.15, 0.2) is 0 Å². The van der Waals surface area contributed by atoms with E-state index in [4.69, 9.17) is 0 Å². The van der Waals surface area contributed by atoms with Crippen LogP contribution in [0.25, 0.3) is 21.5 Å². The summed E-state index contributed by atoms with van der Waals surface area (Å²) in [5.41, 5.74) is 4.77. The van der Waals surface area contributed by atoms with Crippen molar-refractivity contribution in [3.63, 3.8) is 0 Å². The maximum atomic E-state index is 4.55. The molecule has 0 amide bonds. The lowest BCUT2D eigenvalue weighted by Gasteiger charge is -2.06. The molecule has 1 aromatic carbocycles. The highest BCUT2D eigenvalue weighted by molar-refractivity contribution is 7.16. The van der Waals surface area contributed by atoms with Crippen molar-refractivity contribution in [1.29, 1.82) is 0 Å². The Morgan fingerprint density at radius 2 is 1.91 bits per heavy atom. The zero-order valence-corrected chi connectivity index (χ0v) is 12.3. The normalized spacial score (nSPS) is 10.7. The van der Waals surface area contributed by atoms with Gasteiger partial charge in [0.25, 0.3) is 0 Å². The van der Waals surface area contributed by atoms with Crippen molar-refractivity contribution in [2.75, 3.05) is 5.32 Å². The molecule has 0 unspecified atom stereocenters. The predicted octanol–water partition coefficient (Wildman–Crippen LogP) is 3.89. The highest BCUT2D eigenvalue weighted by Gasteiger charge is 2.05. The van der Waals surface area contributed by atoms with Crippen molar-refractivity contribution < 1.29 is 0 Å². The zero-order valence-electron chi connectivity index (χ0n) is 11.5. The Morgan fingerprint density at radius 3 is 2.82 bits per heavy atom. The number of hydrogen-bond donors (Lipinski definition) is 1. The number of fused-ring (bicyclic) bond motifs is 1. The summed E-state index contributed by atoms with van der Waals surface area (Å²) in [4.78, 5) is 17.3. The standard InChI is InChI=1S/C16H11N5S/c1-2-7-17-15(3-1)21-16-18-8-6-12(20-16)11-4-5-13-14(9-11)22-10-19-13/h1-10H,(H,17,18,20,21). The Morgan fingerprint density at radius 1 is 0.909 bits per heavy atom. The predicted molar refractivity (Wildman–Crippen MR) is 88.2 cm³/mol. The van der Waals surface area contributed by atoms with Crippen LogP contribution in [-0.2, 0) is 0 Å². The molecule has 0 spiro atoms. The molecule has 6 heteroatoms. The maximum Gasteiger partial charge on any atom is 0.228 e. The second-order valence-corrected chi connectivity index (χ2v) is 5.53. The minimum Gasteiger partial charge on any atom is -0.309 e. The SMILES string of the molecule is c1ccc(Nc2nccc(-c3ccc4ncsc4c3)n2)nc1. The fourth-order valence-corrected chi connectivity index (χ4v) is 2.86. The van der Waals surface area contributed by atoms with Crippen LogP contribution in [0.1, 0.15) is 0 Å². The number of benzene rings is 1. The van der Waals surface area contributed by atoms with Crippen molar-refractivity contribution >= 4 is 33.3 Å². The van der Waals surface area contributed by atoms with E-state index >= 15 is 0 Å². The van der Waals surface area contributed by atoms with E-state index in [2.05, 4.69) is 31.3 Å². The van der Waals surface area contributed by atoms with Gasteiger partial charge >= 0.3 is 0 Å². The molecule has 4 aromatic rings. The van der Waals surface area contributed by atoms with E-state index in [9.17, 15) is 0 Å². The lowest BCUT2D eigenvalue weighted by atomic mass is 10.1. The second-order valence-electron chi connectivity index (χ2n) is 4.64. The van der Waals surface area contributed by atoms with Crippen LogP contribution in [-0.4, -0.2) is 19.9 Å². The number of anilines is 2. The summed E-state index contributed by atoms with van der Waals surface area (Å²) in [6.45, 7) is 0. The summed E-state index contributed by atoms with van der Waals surface area (Å²) in [6, 6.07) is 13.7. The highest BCUT2D eigenvalue weighted by atomic mass is 32.1. The van der Waals surface area contributed by atoms with Crippen molar-refractivity contribution in [3.8, 4) is 11.3 Å². The fraction of sp³-hybridized carbons (Fsp3) is 0. The monoisotopic (exact) mass is 305 g/mol.